The van der Waals surface area contributed by atoms with E-state index in [2.05, 4.69) is 6.92 Å². The molecule has 0 aliphatic carbocycles. The second-order valence-corrected chi connectivity index (χ2v) is 8.33. The third kappa shape index (κ3) is 16.0. The molecule has 0 aromatic rings. The fourth-order valence-corrected chi connectivity index (χ4v) is 3.38. The van der Waals surface area contributed by atoms with Crippen molar-refractivity contribution in [1.82, 2.24) is 0 Å². The summed E-state index contributed by atoms with van der Waals surface area (Å²) in [6.07, 6.45) is 11.0. The molecule has 0 bridgehead atoms. The lowest BCUT2D eigenvalue weighted by Crippen LogP contribution is -2.47. The van der Waals surface area contributed by atoms with Crippen LogP contribution in [0.3, 0.4) is 0 Å². The highest BCUT2D eigenvalue weighted by molar-refractivity contribution is 5.69. The molecule has 0 aromatic carbocycles. The number of carbonyl (C=O) groups excluding carboxylic acids is 1. The van der Waals surface area contributed by atoms with Crippen LogP contribution in [0.25, 0.3) is 0 Å². The Labute approximate surface area is 182 Å². The van der Waals surface area contributed by atoms with E-state index in [1.807, 2.05) is 0 Å². The van der Waals surface area contributed by atoms with Gasteiger partial charge in [-0.1, -0.05) is 90.4 Å². The van der Waals surface area contributed by atoms with Crippen LogP contribution in [0.4, 0.5) is 0 Å². The number of hydrogen-bond donors (Lipinski definition) is 5. The highest BCUT2D eigenvalue weighted by Crippen LogP contribution is 2.13. The Hall–Kier alpha value is -0.730. The highest BCUT2D eigenvalue weighted by atomic mass is 16.5. The molecule has 0 saturated heterocycles. The molecular formula is C23H46O7. The van der Waals surface area contributed by atoms with E-state index < -0.39 is 43.6 Å². The zero-order valence-corrected chi connectivity index (χ0v) is 18.9. The third-order valence-corrected chi connectivity index (χ3v) is 5.47. The standard InChI is InChI=1S/C23H46O7/c1-2-3-4-5-6-7-8-9-10-11-12-13-14-15-16-21(27)30-18-20(26)23(29)22(28)19(25)17-24/h19-20,22-26,28-29H,2-18H2,1H3/t19-,20-,22-,23-/m0/s1. The van der Waals surface area contributed by atoms with Gasteiger partial charge in [0, 0.05) is 6.42 Å². The minimum atomic E-state index is -1.71. The zero-order valence-electron chi connectivity index (χ0n) is 18.9. The Kier molecular flexibility index (Phi) is 19.7. The van der Waals surface area contributed by atoms with Gasteiger partial charge in [-0.3, -0.25) is 4.79 Å². The summed E-state index contributed by atoms with van der Waals surface area (Å²) in [6, 6.07) is 0. The Balaban J connectivity index is 3.49. The lowest BCUT2D eigenvalue weighted by molar-refractivity contribution is -0.156. The van der Waals surface area contributed by atoms with Gasteiger partial charge in [0.1, 0.15) is 31.0 Å². The van der Waals surface area contributed by atoms with Crippen LogP contribution in [-0.4, -0.2) is 69.1 Å². The van der Waals surface area contributed by atoms with Gasteiger partial charge in [-0.05, 0) is 6.42 Å². The molecule has 7 nitrogen and oxygen atoms in total. The van der Waals surface area contributed by atoms with E-state index in [1.165, 1.54) is 70.6 Å². The average Bonchev–Trinajstić information content (AvgIpc) is 2.75. The van der Waals surface area contributed by atoms with Crippen LogP contribution in [-0.2, 0) is 9.53 Å². The fourth-order valence-electron chi connectivity index (χ4n) is 3.38. The minimum absolute atomic E-state index is 0.253. The van der Waals surface area contributed by atoms with Crippen molar-refractivity contribution in [3.8, 4) is 0 Å². The molecule has 0 aromatic heterocycles. The van der Waals surface area contributed by atoms with Crippen LogP contribution in [0.5, 0.6) is 0 Å². The molecule has 7 heteroatoms. The zero-order chi connectivity index (χ0) is 22.6. The van der Waals surface area contributed by atoms with Crippen molar-refractivity contribution in [3.63, 3.8) is 0 Å². The molecule has 30 heavy (non-hydrogen) atoms. The smallest absolute Gasteiger partial charge is 0.305 e. The summed E-state index contributed by atoms with van der Waals surface area (Å²) < 4.78 is 4.90. The summed E-state index contributed by atoms with van der Waals surface area (Å²) in [4.78, 5) is 11.7. The first kappa shape index (κ1) is 29.3. The van der Waals surface area contributed by atoms with Gasteiger partial charge >= 0.3 is 5.97 Å². The Bertz CT molecular complexity index is 392. The Morgan fingerprint density at radius 1 is 0.667 bits per heavy atom. The van der Waals surface area contributed by atoms with Crippen molar-refractivity contribution in [1.29, 1.82) is 0 Å². The monoisotopic (exact) mass is 434 g/mol. The van der Waals surface area contributed by atoms with E-state index in [4.69, 9.17) is 9.84 Å². The lowest BCUT2D eigenvalue weighted by atomic mass is 10.0. The molecule has 0 unspecified atom stereocenters. The number of rotatable bonds is 21. The molecule has 0 radical (unpaired) electrons. The SMILES string of the molecule is CCCCCCCCCCCCCCCCC(=O)OC[C@H](O)[C@H](O)[C@@H](O)[C@@H](O)CO. The van der Waals surface area contributed by atoms with Crippen LogP contribution < -0.4 is 0 Å². The number of esters is 1. The van der Waals surface area contributed by atoms with Gasteiger partial charge in [0.2, 0.25) is 0 Å². The molecule has 0 heterocycles. The van der Waals surface area contributed by atoms with Crippen LogP contribution in [0.15, 0.2) is 0 Å². The predicted octanol–water partition coefficient (Wildman–Crippen LogP) is 2.84. The number of carbonyl (C=O) groups is 1. The molecule has 0 fully saturated rings. The predicted molar refractivity (Wildman–Crippen MR) is 117 cm³/mol. The van der Waals surface area contributed by atoms with Crippen molar-refractivity contribution >= 4 is 5.97 Å². The van der Waals surface area contributed by atoms with Crippen LogP contribution in [0.1, 0.15) is 103 Å². The number of aliphatic hydroxyl groups is 5. The maximum absolute atomic E-state index is 11.7. The molecule has 0 amide bonds. The topological polar surface area (TPSA) is 127 Å². The van der Waals surface area contributed by atoms with E-state index in [9.17, 15) is 25.2 Å². The van der Waals surface area contributed by atoms with Gasteiger partial charge in [-0.2, -0.15) is 0 Å². The molecule has 0 saturated carbocycles. The minimum Gasteiger partial charge on any atom is -0.463 e. The number of unbranched alkanes of at least 4 members (excludes halogenated alkanes) is 13. The average molecular weight is 435 g/mol. The summed E-state index contributed by atoms with van der Waals surface area (Å²) >= 11 is 0. The third-order valence-electron chi connectivity index (χ3n) is 5.47. The van der Waals surface area contributed by atoms with Gasteiger partial charge in [0.05, 0.1) is 6.61 Å². The van der Waals surface area contributed by atoms with Gasteiger partial charge in [0.25, 0.3) is 0 Å². The molecule has 0 aliphatic rings. The second kappa shape index (κ2) is 20.2. The first-order chi connectivity index (χ1) is 14.4. The molecule has 4 atom stereocenters. The van der Waals surface area contributed by atoms with Crippen molar-refractivity contribution < 1.29 is 35.1 Å². The van der Waals surface area contributed by atoms with E-state index in [0.29, 0.717) is 0 Å². The van der Waals surface area contributed by atoms with Gasteiger partial charge in [-0.25, -0.2) is 0 Å². The molecule has 0 rings (SSSR count). The summed E-state index contributed by atoms with van der Waals surface area (Å²) in [7, 11) is 0. The van der Waals surface area contributed by atoms with E-state index in [1.54, 1.807) is 0 Å². The van der Waals surface area contributed by atoms with E-state index >= 15 is 0 Å². The van der Waals surface area contributed by atoms with Gasteiger partial charge in [-0.15, -0.1) is 0 Å². The van der Waals surface area contributed by atoms with Crippen LogP contribution in [0.2, 0.25) is 0 Å². The van der Waals surface area contributed by atoms with E-state index in [0.717, 1.165) is 19.3 Å². The first-order valence-electron chi connectivity index (χ1n) is 11.9. The summed E-state index contributed by atoms with van der Waals surface area (Å²) in [5.74, 6) is -0.461. The van der Waals surface area contributed by atoms with Crippen LogP contribution >= 0.6 is 0 Å². The number of hydrogen-bond acceptors (Lipinski definition) is 7. The molecular weight excluding hydrogens is 388 g/mol. The second-order valence-electron chi connectivity index (χ2n) is 8.33. The number of ether oxygens (including phenoxy) is 1. The maximum Gasteiger partial charge on any atom is 0.305 e. The van der Waals surface area contributed by atoms with Crippen molar-refractivity contribution in [2.75, 3.05) is 13.2 Å². The Morgan fingerprint density at radius 2 is 1.07 bits per heavy atom. The Morgan fingerprint density at radius 3 is 1.50 bits per heavy atom. The number of aliphatic hydroxyl groups excluding tert-OH is 5. The fraction of sp³-hybridized carbons (Fsp3) is 0.957. The van der Waals surface area contributed by atoms with Gasteiger partial charge in [0.15, 0.2) is 0 Å². The maximum atomic E-state index is 11.7. The van der Waals surface area contributed by atoms with Crippen molar-refractivity contribution in [2.24, 2.45) is 0 Å². The van der Waals surface area contributed by atoms with E-state index in [-0.39, 0.29) is 6.42 Å². The highest BCUT2D eigenvalue weighted by Gasteiger charge is 2.30. The lowest BCUT2D eigenvalue weighted by Gasteiger charge is -2.25. The van der Waals surface area contributed by atoms with Crippen molar-refractivity contribution in [3.05, 3.63) is 0 Å². The molecule has 180 valence electrons. The normalized spacial score (nSPS) is 15.5. The summed E-state index contributed by atoms with van der Waals surface area (Å²) in [6.45, 7) is 1.03. The quantitative estimate of drug-likeness (QED) is 0.139. The van der Waals surface area contributed by atoms with Crippen molar-refractivity contribution in [2.45, 2.75) is 128 Å². The summed E-state index contributed by atoms with van der Waals surface area (Å²) in [5.41, 5.74) is 0. The molecule has 5 N–H and O–H groups in total. The van der Waals surface area contributed by atoms with Gasteiger partial charge < -0.3 is 30.3 Å². The largest absolute Gasteiger partial charge is 0.463 e. The van der Waals surface area contributed by atoms with Crippen LogP contribution in [0, 0.1) is 0 Å². The summed E-state index contributed by atoms with van der Waals surface area (Å²) in [5, 5.41) is 46.8. The molecule has 0 spiro atoms. The first-order valence-corrected chi connectivity index (χ1v) is 11.9. The molecule has 0 aliphatic heterocycles.